The molecule has 0 aromatic heterocycles. The summed E-state index contributed by atoms with van der Waals surface area (Å²) >= 11 is 0. The fraction of sp³-hybridized carbons (Fsp3) is 0.636. The standard InChI is InChI=1S/C11H18N2O3/c1-3-8(2)12-10(16)13-11(5-4-6-11)7-9(14)15/h3,8H,1,4-7H2,2H3,(H,14,15)(H2,12,13,16). The van der Waals surface area contributed by atoms with Gasteiger partial charge in [-0.3, -0.25) is 4.79 Å². The van der Waals surface area contributed by atoms with Gasteiger partial charge < -0.3 is 15.7 Å². The summed E-state index contributed by atoms with van der Waals surface area (Å²) < 4.78 is 0. The van der Waals surface area contributed by atoms with Crippen LogP contribution < -0.4 is 10.6 Å². The van der Waals surface area contributed by atoms with Crippen LogP contribution in [0.15, 0.2) is 12.7 Å². The van der Waals surface area contributed by atoms with Crippen molar-refractivity contribution >= 4 is 12.0 Å². The number of hydrogen-bond acceptors (Lipinski definition) is 2. The first-order valence-corrected chi connectivity index (χ1v) is 5.40. The SMILES string of the molecule is C=CC(C)NC(=O)NC1(CC(=O)O)CCC1. The van der Waals surface area contributed by atoms with E-state index in [9.17, 15) is 9.59 Å². The van der Waals surface area contributed by atoms with Gasteiger partial charge in [0.1, 0.15) is 0 Å². The molecule has 16 heavy (non-hydrogen) atoms. The van der Waals surface area contributed by atoms with Gasteiger partial charge in [-0.15, -0.1) is 6.58 Å². The monoisotopic (exact) mass is 226 g/mol. The summed E-state index contributed by atoms with van der Waals surface area (Å²) in [4.78, 5) is 22.2. The molecule has 1 atom stereocenters. The molecule has 2 amide bonds. The van der Waals surface area contributed by atoms with Crippen molar-refractivity contribution in [3.63, 3.8) is 0 Å². The van der Waals surface area contributed by atoms with Crippen LogP contribution in [0.25, 0.3) is 0 Å². The lowest BCUT2D eigenvalue weighted by atomic mass is 9.74. The Kier molecular flexibility index (Phi) is 3.93. The van der Waals surface area contributed by atoms with E-state index in [1.807, 2.05) is 0 Å². The van der Waals surface area contributed by atoms with Crippen LogP contribution in [0.2, 0.25) is 0 Å². The summed E-state index contributed by atoms with van der Waals surface area (Å²) in [7, 11) is 0. The van der Waals surface area contributed by atoms with Gasteiger partial charge in [0.05, 0.1) is 12.0 Å². The van der Waals surface area contributed by atoms with Gasteiger partial charge in [0, 0.05) is 6.04 Å². The average molecular weight is 226 g/mol. The minimum Gasteiger partial charge on any atom is -0.481 e. The van der Waals surface area contributed by atoms with Gasteiger partial charge >= 0.3 is 12.0 Å². The van der Waals surface area contributed by atoms with Crippen LogP contribution in [0.4, 0.5) is 4.79 Å². The smallest absolute Gasteiger partial charge is 0.315 e. The quantitative estimate of drug-likeness (QED) is 0.617. The van der Waals surface area contributed by atoms with Crippen LogP contribution in [-0.4, -0.2) is 28.7 Å². The van der Waals surface area contributed by atoms with Crippen molar-refractivity contribution in [2.24, 2.45) is 0 Å². The second kappa shape index (κ2) is 5.01. The number of carbonyl (C=O) groups excluding carboxylic acids is 1. The fourth-order valence-corrected chi connectivity index (χ4v) is 1.78. The minimum absolute atomic E-state index is 0.0110. The van der Waals surface area contributed by atoms with Crippen LogP contribution in [0, 0.1) is 0 Å². The van der Waals surface area contributed by atoms with E-state index in [1.54, 1.807) is 13.0 Å². The van der Waals surface area contributed by atoms with Crippen molar-refractivity contribution < 1.29 is 14.7 Å². The molecule has 1 rings (SSSR count). The number of carboxylic acids is 1. The zero-order chi connectivity index (χ0) is 12.2. The van der Waals surface area contributed by atoms with Crippen molar-refractivity contribution in [2.75, 3.05) is 0 Å². The number of hydrogen-bond donors (Lipinski definition) is 3. The Hall–Kier alpha value is -1.52. The van der Waals surface area contributed by atoms with Crippen LogP contribution in [0.1, 0.15) is 32.6 Å². The molecule has 0 spiro atoms. The molecule has 0 bridgehead atoms. The number of nitrogens with one attached hydrogen (secondary N) is 2. The van der Waals surface area contributed by atoms with E-state index in [0.29, 0.717) is 0 Å². The van der Waals surface area contributed by atoms with E-state index in [2.05, 4.69) is 17.2 Å². The van der Waals surface area contributed by atoms with Crippen LogP contribution in [0.3, 0.4) is 0 Å². The van der Waals surface area contributed by atoms with Gasteiger partial charge in [0.2, 0.25) is 0 Å². The largest absolute Gasteiger partial charge is 0.481 e. The predicted octanol–water partition coefficient (Wildman–Crippen LogP) is 1.26. The molecule has 0 radical (unpaired) electrons. The van der Waals surface area contributed by atoms with Gasteiger partial charge in [-0.1, -0.05) is 6.08 Å². The summed E-state index contributed by atoms with van der Waals surface area (Å²) in [5.74, 6) is -0.878. The Labute approximate surface area is 94.9 Å². The average Bonchev–Trinajstić information content (AvgIpc) is 2.13. The summed E-state index contributed by atoms with van der Waals surface area (Å²) in [6, 6.07) is -0.449. The number of carboxylic acid groups (broad SMARTS) is 1. The number of amides is 2. The molecule has 1 saturated carbocycles. The highest BCUT2D eigenvalue weighted by atomic mass is 16.4. The predicted molar refractivity (Wildman–Crippen MR) is 60.2 cm³/mol. The lowest BCUT2D eigenvalue weighted by Gasteiger charge is -2.41. The van der Waals surface area contributed by atoms with Crippen molar-refractivity contribution in [3.8, 4) is 0 Å². The minimum atomic E-state index is -0.878. The molecule has 5 heteroatoms. The molecular formula is C11H18N2O3. The van der Waals surface area contributed by atoms with Crippen LogP contribution in [0.5, 0.6) is 0 Å². The van der Waals surface area contributed by atoms with Gasteiger partial charge in [-0.25, -0.2) is 4.79 Å². The normalized spacial score (nSPS) is 19.1. The summed E-state index contributed by atoms with van der Waals surface area (Å²) in [6.07, 6.45) is 4.03. The molecule has 0 aromatic carbocycles. The molecule has 90 valence electrons. The second-order valence-electron chi connectivity index (χ2n) is 4.33. The van der Waals surface area contributed by atoms with E-state index in [1.165, 1.54) is 0 Å². The Morgan fingerprint density at radius 1 is 1.56 bits per heavy atom. The Bertz CT molecular complexity index is 298. The maximum Gasteiger partial charge on any atom is 0.315 e. The molecular weight excluding hydrogens is 208 g/mol. The van der Waals surface area contributed by atoms with E-state index >= 15 is 0 Å². The zero-order valence-electron chi connectivity index (χ0n) is 9.45. The highest BCUT2D eigenvalue weighted by Crippen LogP contribution is 2.34. The van der Waals surface area contributed by atoms with Crippen molar-refractivity contribution in [1.29, 1.82) is 0 Å². The van der Waals surface area contributed by atoms with Gasteiger partial charge in [0.25, 0.3) is 0 Å². The zero-order valence-corrected chi connectivity index (χ0v) is 9.45. The molecule has 1 aliphatic carbocycles. The third-order valence-corrected chi connectivity index (χ3v) is 2.89. The van der Waals surface area contributed by atoms with Gasteiger partial charge in [-0.05, 0) is 26.2 Å². The van der Waals surface area contributed by atoms with E-state index < -0.39 is 11.5 Å². The summed E-state index contributed by atoms with van der Waals surface area (Å²) in [6.45, 7) is 5.36. The lowest BCUT2D eigenvalue weighted by molar-refractivity contribution is -0.139. The third kappa shape index (κ3) is 3.25. The van der Waals surface area contributed by atoms with Gasteiger partial charge in [-0.2, -0.15) is 0 Å². The van der Waals surface area contributed by atoms with E-state index in [-0.39, 0.29) is 18.5 Å². The second-order valence-corrected chi connectivity index (χ2v) is 4.33. The number of rotatable bonds is 5. The maximum absolute atomic E-state index is 11.5. The Morgan fingerprint density at radius 3 is 2.56 bits per heavy atom. The van der Waals surface area contributed by atoms with E-state index in [4.69, 9.17) is 5.11 Å². The topological polar surface area (TPSA) is 78.4 Å². The van der Waals surface area contributed by atoms with Crippen molar-refractivity contribution in [1.82, 2.24) is 10.6 Å². The fourth-order valence-electron chi connectivity index (χ4n) is 1.78. The number of carbonyl (C=O) groups is 2. The summed E-state index contributed by atoms with van der Waals surface area (Å²) in [5.41, 5.74) is -0.545. The Morgan fingerprint density at radius 2 is 2.19 bits per heavy atom. The van der Waals surface area contributed by atoms with Gasteiger partial charge in [0.15, 0.2) is 0 Å². The molecule has 5 nitrogen and oxygen atoms in total. The number of urea groups is 1. The first-order valence-electron chi connectivity index (χ1n) is 5.40. The van der Waals surface area contributed by atoms with Crippen molar-refractivity contribution in [2.45, 2.75) is 44.2 Å². The first-order chi connectivity index (χ1) is 7.47. The molecule has 1 aliphatic rings. The molecule has 1 fully saturated rings. The summed E-state index contributed by atoms with van der Waals surface area (Å²) in [5, 5.41) is 14.2. The number of aliphatic carboxylic acids is 1. The van der Waals surface area contributed by atoms with E-state index in [0.717, 1.165) is 19.3 Å². The van der Waals surface area contributed by atoms with Crippen LogP contribution in [-0.2, 0) is 4.79 Å². The highest BCUT2D eigenvalue weighted by molar-refractivity contribution is 5.77. The van der Waals surface area contributed by atoms with Crippen LogP contribution >= 0.6 is 0 Å². The molecule has 1 unspecified atom stereocenters. The molecule has 0 aromatic rings. The highest BCUT2D eigenvalue weighted by Gasteiger charge is 2.40. The lowest BCUT2D eigenvalue weighted by Crippen LogP contribution is -2.58. The molecule has 3 N–H and O–H groups in total. The van der Waals surface area contributed by atoms with Crippen molar-refractivity contribution in [3.05, 3.63) is 12.7 Å². The third-order valence-electron chi connectivity index (χ3n) is 2.89. The molecule has 0 heterocycles. The maximum atomic E-state index is 11.5. The molecule has 0 aliphatic heterocycles. The molecule has 0 saturated heterocycles. The Balaban J connectivity index is 2.47. The first kappa shape index (κ1) is 12.5.